The van der Waals surface area contributed by atoms with Crippen LogP contribution in [-0.4, -0.2) is 29.2 Å². The number of hydrogen-bond acceptors (Lipinski definition) is 5. The standard InChI is InChI=1S/C24H26O5/c1-3-28-23-14-16(8-10-21(23)26)12-18-6-5-7-20(25)19(18)13-17-9-11-22(27)24(15-17)29-4-2/h8-15,26-27H,3-7H2,1-2H3/b18-12-,19-13-. The summed E-state index contributed by atoms with van der Waals surface area (Å²) in [6.07, 6.45) is 5.92. The summed E-state index contributed by atoms with van der Waals surface area (Å²) in [6, 6.07) is 10.2. The van der Waals surface area contributed by atoms with Gasteiger partial charge in [0, 0.05) is 12.0 Å². The van der Waals surface area contributed by atoms with E-state index >= 15 is 0 Å². The molecule has 5 heteroatoms. The van der Waals surface area contributed by atoms with E-state index in [1.807, 2.05) is 26.0 Å². The lowest BCUT2D eigenvalue weighted by molar-refractivity contribution is -0.115. The average molecular weight is 394 g/mol. The van der Waals surface area contributed by atoms with Crippen molar-refractivity contribution in [2.24, 2.45) is 0 Å². The van der Waals surface area contributed by atoms with Crippen LogP contribution in [0.2, 0.25) is 0 Å². The number of phenols is 2. The lowest BCUT2D eigenvalue weighted by Crippen LogP contribution is -2.11. The molecule has 0 atom stereocenters. The fourth-order valence-corrected chi connectivity index (χ4v) is 3.36. The highest BCUT2D eigenvalue weighted by Gasteiger charge is 2.20. The number of ether oxygens (including phenoxy) is 2. The van der Waals surface area contributed by atoms with E-state index in [0.29, 0.717) is 36.7 Å². The lowest BCUT2D eigenvalue weighted by Gasteiger charge is -2.18. The van der Waals surface area contributed by atoms with Gasteiger partial charge in [0.25, 0.3) is 0 Å². The largest absolute Gasteiger partial charge is 0.504 e. The van der Waals surface area contributed by atoms with Crippen molar-refractivity contribution in [1.29, 1.82) is 0 Å². The normalized spacial score (nSPS) is 17.0. The first-order valence-electron chi connectivity index (χ1n) is 9.89. The van der Waals surface area contributed by atoms with Crippen LogP contribution in [0.15, 0.2) is 47.5 Å². The predicted molar refractivity (Wildman–Crippen MR) is 113 cm³/mol. The van der Waals surface area contributed by atoms with Crippen LogP contribution in [0, 0.1) is 0 Å². The molecular weight excluding hydrogens is 368 g/mol. The Morgan fingerprint density at radius 3 is 1.97 bits per heavy atom. The minimum Gasteiger partial charge on any atom is -0.504 e. The smallest absolute Gasteiger partial charge is 0.163 e. The first kappa shape index (κ1) is 20.5. The molecule has 0 bridgehead atoms. The van der Waals surface area contributed by atoms with Crippen molar-refractivity contribution < 1.29 is 24.5 Å². The first-order chi connectivity index (χ1) is 14.0. The predicted octanol–water partition coefficient (Wildman–Crippen LogP) is 5.12. The maximum absolute atomic E-state index is 12.6. The quantitative estimate of drug-likeness (QED) is 0.666. The number of rotatable bonds is 6. The zero-order chi connectivity index (χ0) is 20.8. The molecule has 2 aromatic carbocycles. The Labute approximate surface area is 170 Å². The molecule has 0 heterocycles. The second kappa shape index (κ2) is 9.32. The summed E-state index contributed by atoms with van der Waals surface area (Å²) in [5.74, 6) is 1.09. The van der Waals surface area contributed by atoms with Crippen LogP contribution in [0.25, 0.3) is 12.2 Å². The monoisotopic (exact) mass is 394 g/mol. The second-order valence-electron chi connectivity index (χ2n) is 6.82. The van der Waals surface area contributed by atoms with Crippen molar-refractivity contribution in [3.8, 4) is 23.0 Å². The van der Waals surface area contributed by atoms with E-state index in [9.17, 15) is 15.0 Å². The third kappa shape index (κ3) is 4.99. The molecule has 1 fully saturated rings. The Hall–Kier alpha value is -3.21. The van der Waals surface area contributed by atoms with E-state index in [4.69, 9.17) is 9.47 Å². The second-order valence-corrected chi connectivity index (χ2v) is 6.82. The fourth-order valence-electron chi connectivity index (χ4n) is 3.36. The van der Waals surface area contributed by atoms with E-state index in [0.717, 1.165) is 29.5 Å². The molecule has 0 spiro atoms. The van der Waals surface area contributed by atoms with Gasteiger partial charge in [0.1, 0.15) is 0 Å². The summed E-state index contributed by atoms with van der Waals surface area (Å²) in [6.45, 7) is 4.62. The van der Waals surface area contributed by atoms with E-state index in [2.05, 4.69) is 0 Å². The van der Waals surface area contributed by atoms with Crippen LogP contribution < -0.4 is 9.47 Å². The third-order valence-corrected chi connectivity index (χ3v) is 4.72. The van der Waals surface area contributed by atoms with Gasteiger partial charge in [-0.2, -0.15) is 0 Å². The number of hydrogen-bond donors (Lipinski definition) is 2. The molecule has 1 saturated carbocycles. The maximum Gasteiger partial charge on any atom is 0.163 e. The lowest BCUT2D eigenvalue weighted by atomic mass is 9.86. The number of benzene rings is 2. The fraction of sp³-hybridized carbons (Fsp3) is 0.292. The Kier molecular flexibility index (Phi) is 6.60. The van der Waals surface area contributed by atoms with Crippen molar-refractivity contribution in [2.45, 2.75) is 33.1 Å². The van der Waals surface area contributed by atoms with Crippen molar-refractivity contribution in [1.82, 2.24) is 0 Å². The summed E-state index contributed by atoms with van der Waals surface area (Å²) in [4.78, 5) is 12.6. The van der Waals surface area contributed by atoms with Crippen LogP contribution >= 0.6 is 0 Å². The Morgan fingerprint density at radius 1 is 0.862 bits per heavy atom. The van der Waals surface area contributed by atoms with Gasteiger partial charge in [-0.1, -0.05) is 18.2 Å². The SMILES string of the molecule is CCOc1cc(/C=C2/CCCC(=O)/C2=C\c2ccc(O)c(OCC)c2)ccc1O. The zero-order valence-electron chi connectivity index (χ0n) is 16.8. The van der Waals surface area contributed by atoms with Crippen LogP contribution in [0.5, 0.6) is 23.0 Å². The van der Waals surface area contributed by atoms with Gasteiger partial charge < -0.3 is 19.7 Å². The molecule has 2 aromatic rings. The van der Waals surface area contributed by atoms with Gasteiger partial charge in [0.05, 0.1) is 13.2 Å². The molecule has 2 N–H and O–H groups in total. The van der Waals surface area contributed by atoms with Gasteiger partial charge >= 0.3 is 0 Å². The van der Waals surface area contributed by atoms with Crippen molar-refractivity contribution >= 4 is 17.9 Å². The van der Waals surface area contributed by atoms with Gasteiger partial charge in [-0.15, -0.1) is 0 Å². The molecule has 0 amide bonds. The van der Waals surface area contributed by atoms with Crippen LogP contribution in [-0.2, 0) is 4.79 Å². The summed E-state index contributed by atoms with van der Waals surface area (Å²) in [5.41, 5.74) is 3.27. The molecule has 3 rings (SSSR count). The van der Waals surface area contributed by atoms with Crippen molar-refractivity contribution in [3.05, 3.63) is 58.7 Å². The highest BCUT2D eigenvalue weighted by atomic mass is 16.5. The number of Topliss-reactive ketones (excluding diaryl/α,β-unsaturated/α-hetero) is 1. The minimum atomic E-state index is 0.0762. The Morgan fingerprint density at radius 2 is 1.41 bits per heavy atom. The summed E-state index contributed by atoms with van der Waals surface area (Å²) < 4.78 is 10.9. The molecule has 1 aliphatic rings. The van der Waals surface area contributed by atoms with Crippen molar-refractivity contribution in [2.75, 3.05) is 13.2 Å². The average Bonchev–Trinajstić information content (AvgIpc) is 2.70. The van der Waals surface area contributed by atoms with E-state index in [1.165, 1.54) is 0 Å². The van der Waals surface area contributed by atoms with Gasteiger partial charge in [-0.05, 0) is 73.7 Å². The highest BCUT2D eigenvalue weighted by molar-refractivity contribution is 6.05. The van der Waals surface area contributed by atoms with Gasteiger partial charge in [0.15, 0.2) is 28.8 Å². The Bertz CT molecular complexity index is 956. The molecule has 0 aliphatic heterocycles. The molecule has 29 heavy (non-hydrogen) atoms. The molecule has 0 unspecified atom stereocenters. The summed E-state index contributed by atoms with van der Waals surface area (Å²) in [7, 11) is 0. The number of ketones is 1. The van der Waals surface area contributed by atoms with Gasteiger partial charge in [-0.3, -0.25) is 4.79 Å². The van der Waals surface area contributed by atoms with Crippen LogP contribution in [0.3, 0.4) is 0 Å². The molecule has 1 aliphatic carbocycles. The van der Waals surface area contributed by atoms with Gasteiger partial charge in [-0.25, -0.2) is 0 Å². The highest BCUT2D eigenvalue weighted by Crippen LogP contribution is 2.34. The molecule has 152 valence electrons. The molecule has 5 nitrogen and oxygen atoms in total. The number of aromatic hydroxyl groups is 2. The van der Waals surface area contributed by atoms with Gasteiger partial charge in [0.2, 0.25) is 0 Å². The number of allylic oxidation sites excluding steroid dienone is 2. The minimum absolute atomic E-state index is 0.0762. The summed E-state index contributed by atoms with van der Waals surface area (Å²) >= 11 is 0. The molecule has 0 radical (unpaired) electrons. The first-order valence-corrected chi connectivity index (χ1v) is 9.89. The molecule has 0 saturated heterocycles. The van der Waals surface area contributed by atoms with E-state index < -0.39 is 0 Å². The zero-order valence-corrected chi connectivity index (χ0v) is 16.8. The topological polar surface area (TPSA) is 76.0 Å². The number of carbonyl (C=O) groups is 1. The Balaban J connectivity index is 1.99. The van der Waals surface area contributed by atoms with E-state index in [-0.39, 0.29) is 17.3 Å². The van der Waals surface area contributed by atoms with E-state index in [1.54, 1.807) is 36.4 Å². The van der Waals surface area contributed by atoms with Crippen LogP contribution in [0.4, 0.5) is 0 Å². The summed E-state index contributed by atoms with van der Waals surface area (Å²) in [5, 5.41) is 19.8. The third-order valence-electron chi connectivity index (χ3n) is 4.72. The molecule has 0 aromatic heterocycles. The number of carbonyl (C=O) groups excluding carboxylic acids is 1. The van der Waals surface area contributed by atoms with Crippen LogP contribution in [0.1, 0.15) is 44.2 Å². The number of phenolic OH excluding ortho intramolecular Hbond substituents is 2. The molecular formula is C24H26O5. The van der Waals surface area contributed by atoms with Crippen molar-refractivity contribution in [3.63, 3.8) is 0 Å². The maximum atomic E-state index is 12.6.